The molecule has 2 atom stereocenters. The number of halogens is 1. The lowest BCUT2D eigenvalue weighted by Crippen LogP contribution is -2.42. The van der Waals surface area contributed by atoms with Gasteiger partial charge in [-0.05, 0) is 54.3 Å². The number of benzene rings is 3. The third-order valence-electron chi connectivity index (χ3n) is 5.55. The Morgan fingerprint density at radius 1 is 0.903 bits per heavy atom. The second-order valence-electron chi connectivity index (χ2n) is 8.23. The number of para-hydroxylation sites is 1. The Balaban J connectivity index is 1.81. The van der Waals surface area contributed by atoms with Crippen LogP contribution in [0.2, 0.25) is 0 Å². The molecule has 5 heteroatoms. The Morgan fingerprint density at radius 3 is 2.06 bits per heavy atom. The van der Waals surface area contributed by atoms with Crippen molar-refractivity contribution in [2.24, 2.45) is 5.92 Å². The number of hydrogen-bond donors (Lipinski definition) is 1. The summed E-state index contributed by atoms with van der Waals surface area (Å²) >= 11 is 0. The van der Waals surface area contributed by atoms with Gasteiger partial charge in [0, 0.05) is 11.3 Å². The molecule has 4 rings (SSSR count). The minimum Gasteiger partial charge on any atom is -0.338 e. The smallest absolute Gasteiger partial charge is 0.260 e. The fourth-order valence-corrected chi connectivity index (χ4v) is 4.18. The summed E-state index contributed by atoms with van der Waals surface area (Å²) in [7, 11) is 0. The average molecular weight is 417 g/mol. The van der Waals surface area contributed by atoms with Crippen molar-refractivity contribution in [2.75, 3.05) is 5.32 Å². The lowest BCUT2D eigenvalue weighted by atomic mass is 9.76. The predicted octanol–water partition coefficient (Wildman–Crippen LogP) is 5.36. The van der Waals surface area contributed by atoms with Crippen LogP contribution in [-0.2, 0) is 15.1 Å². The van der Waals surface area contributed by atoms with Gasteiger partial charge in [0.05, 0.1) is 0 Å². The maximum Gasteiger partial charge on any atom is 0.260 e. The molecule has 31 heavy (non-hydrogen) atoms. The molecule has 1 aliphatic rings. The summed E-state index contributed by atoms with van der Waals surface area (Å²) in [5.74, 6) is -1.07. The molecule has 158 valence electrons. The summed E-state index contributed by atoms with van der Waals surface area (Å²) in [5.41, 5.74) is -1.32. The van der Waals surface area contributed by atoms with E-state index in [1.54, 1.807) is 24.3 Å². The van der Waals surface area contributed by atoms with E-state index in [1.807, 2.05) is 50.2 Å². The molecule has 1 saturated heterocycles. The summed E-state index contributed by atoms with van der Waals surface area (Å²) in [4.78, 5) is 27.3. The molecule has 1 aliphatic heterocycles. The van der Waals surface area contributed by atoms with Crippen LogP contribution in [0.5, 0.6) is 0 Å². The summed E-state index contributed by atoms with van der Waals surface area (Å²) < 4.78 is 19.7. The minimum absolute atomic E-state index is 0.0909. The number of carbonyl (C=O) groups is 2. The molecule has 3 aromatic rings. The van der Waals surface area contributed by atoms with Crippen molar-refractivity contribution < 1.29 is 18.7 Å². The molecule has 1 fully saturated rings. The van der Waals surface area contributed by atoms with Crippen molar-refractivity contribution in [1.29, 1.82) is 0 Å². The monoisotopic (exact) mass is 417 g/mol. The fourth-order valence-electron chi connectivity index (χ4n) is 4.18. The molecule has 0 aliphatic carbocycles. The number of carbonyl (C=O) groups excluding carboxylic acids is 2. The highest BCUT2D eigenvalue weighted by Crippen LogP contribution is 2.61. The van der Waals surface area contributed by atoms with Gasteiger partial charge < -0.3 is 10.1 Å². The van der Waals surface area contributed by atoms with Crippen molar-refractivity contribution in [1.82, 2.24) is 0 Å². The lowest BCUT2D eigenvalue weighted by Gasteiger charge is -2.21. The first-order valence-corrected chi connectivity index (χ1v) is 10.3. The Bertz CT molecular complexity index is 1080. The van der Waals surface area contributed by atoms with Crippen LogP contribution >= 0.6 is 0 Å². The van der Waals surface area contributed by atoms with Gasteiger partial charge in [-0.15, -0.1) is 0 Å². The van der Waals surface area contributed by atoms with E-state index in [4.69, 9.17) is 4.74 Å². The molecule has 0 bridgehead atoms. The topological polar surface area (TPSA) is 58.7 Å². The Hall–Kier alpha value is -3.31. The zero-order valence-corrected chi connectivity index (χ0v) is 17.5. The second-order valence-corrected chi connectivity index (χ2v) is 8.23. The maximum absolute atomic E-state index is 13.8. The number of amides is 1. The predicted molar refractivity (Wildman–Crippen MR) is 117 cm³/mol. The zero-order chi connectivity index (χ0) is 22.1. The van der Waals surface area contributed by atoms with Crippen LogP contribution in [0.25, 0.3) is 0 Å². The van der Waals surface area contributed by atoms with Crippen LogP contribution in [0.3, 0.4) is 0 Å². The maximum atomic E-state index is 13.8. The number of ketones is 1. The van der Waals surface area contributed by atoms with Crippen molar-refractivity contribution >= 4 is 17.4 Å². The third kappa shape index (κ3) is 3.66. The van der Waals surface area contributed by atoms with Crippen LogP contribution in [0.1, 0.15) is 36.2 Å². The number of rotatable bonds is 7. The molecule has 0 spiro atoms. The van der Waals surface area contributed by atoms with Gasteiger partial charge >= 0.3 is 0 Å². The minimum atomic E-state index is -1.48. The first-order valence-electron chi connectivity index (χ1n) is 10.3. The zero-order valence-electron chi connectivity index (χ0n) is 17.5. The molecule has 4 nitrogen and oxygen atoms in total. The van der Waals surface area contributed by atoms with Crippen LogP contribution in [0.15, 0.2) is 84.9 Å². The number of anilines is 1. The van der Waals surface area contributed by atoms with E-state index in [2.05, 4.69) is 5.32 Å². The SMILES string of the molecule is CC(C)C[C@@]1(C(=O)Nc2ccccc2)O[C@@]1(C(=O)c1ccc(F)cc1)c1ccccc1. The standard InChI is InChI=1S/C26H24FNO3/c1-18(2)17-25(24(30)28-22-11-7-4-8-12-22)26(31-25,20-9-5-3-6-10-20)23(29)19-13-15-21(27)16-14-19/h3-16,18H,17H2,1-2H3,(H,28,30)/t25-,26+/m0/s1. The molecule has 0 radical (unpaired) electrons. The van der Waals surface area contributed by atoms with Crippen molar-refractivity contribution in [3.63, 3.8) is 0 Å². The van der Waals surface area contributed by atoms with Crippen molar-refractivity contribution in [2.45, 2.75) is 31.5 Å². The second kappa shape index (κ2) is 8.08. The molecular weight excluding hydrogens is 393 g/mol. The molecule has 0 aromatic heterocycles. The lowest BCUT2D eigenvalue weighted by molar-refractivity contribution is -0.121. The van der Waals surface area contributed by atoms with E-state index >= 15 is 0 Å². The summed E-state index contributed by atoms with van der Waals surface area (Å²) in [6.07, 6.45) is 0.355. The van der Waals surface area contributed by atoms with Gasteiger partial charge in [-0.1, -0.05) is 62.4 Å². The van der Waals surface area contributed by atoms with Gasteiger partial charge in [-0.2, -0.15) is 0 Å². The van der Waals surface area contributed by atoms with Gasteiger partial charge in [0.1, 0.15) is 5.82 Å². The number of ether oxygens (including phenoxy) is 1. The molecule has 3 aromatic carbocycles. The Labute approximate surface area is 181 Å². The number of hydrogen-bond acceptors (Lipinski definition) is 3. The van der Waals surface area contributed by atoms with E-state index in [0.29, 0.717) is 23.2 Å². The normalized spacial score (nSPS) is 22.2. The molecule has 0 saturated carbocycles. The van der Waals surface area contributed by atoms with Crippen LogP contribution < -0.4 is 5.32 Å². The number of nitrogens with one attached hydrogen (secondary N) is 1. The molecule has 1 heterocycles. The third-order valence-corrected chi connectivity index (χ3v) is 5.55. The highest BCUT2D eigenvalue weighted by molar-refractivity contribution is 6.14. The van der Waals surface area contributed by atoms with E-state index in [1.165, 1.54) is 24.3 Å². The number of Topliss-reactive ketones (excluding diaryl/α,β-unsaturated/α-hetero) is 1. The quantitative estimate of drug-likeness (QED) is 0.416. The largest absolute Gasteiger partial charge is 0.338 e. The van der Waals surface area contributed by atoms with E-state index in [0.717, 1.165) is 0 Å². The molecular formula is C26H24FNO3. The first-order chi connectivity index (χ1) is 14.9. The van der Waals surface area contributed by atoms with E-state index in [9.17, 15) is 14.0 Å². The summed E-state index contributed by atoms with van der Waals surface area (Å²) in [6, 6.07) is 23.5. The van der Waals surface area contributed by atoms with Crippen molar-refractivity contribution in [3.8, 4) is 0 Å². The molecule has 1 amide bonds. The summed E-state index contributed by atoms with van der Waals surface area (Å²) in [6.45, 7) is 3.97. The van der Waals surface area contributed by atoms with E-state index in [-0.39, 0.29) is 17.6 Å². The van der Waals surface area contributed by atoms with Crippen molar-refractivity contribution in [3.05, 3.63) is 102 Å². The van der Waals surface area contributed by atoms with Crippen LogP contribution in [0, 0.1) is 11.7 Å². The van der Waals surface area contributed by atoms with Gasteiger partial charge in [-0.25, -0.2) is 4.39 Å². The van der Waals surface area contributed by atoms with Gasteiger partial charge in [-0.3, -0.25) is 9.59 Å². The Kier molecular flexibility index (Phi) is 5.46. The highest BCUT2D eigenvalue weighted by atomic mass is 19.1. The average Bonchev–Trinajstić information content (AvgIpc) is 3.45. The Morgan fingerprint density at radius 2 is 1.48 bits per heavy atom. The molecule has 0 unspecified atom stereocenters. The molecule has 1 N–H and O–H groups in total. The number of epoxide rings is 1. The summed E-state index contributed by atoms with van der Waals surface area (Å²) in [5, 5.41) is 2.91. The van der Waals surface area contributed by atoms with Gasteiger partial charge in [0.15, 0.2) is 11.2 Å². The van der Waals surface area contributed by atoms with Gasteiger partial charge in [0.25, 0.3) is 5.91 Å². The first kappa shape index (κ1) is 20.9. The highest BCUT2D eigenvalue weighted by Gasteiger charge is 2.79. The van der Waals surface area contributed by atoms with Crippen LogP contribution in [-0.4, -0.2) is 17.3 Å². The van der Waals surface area contributed by atoms with Gasteiger partial charge in [0.2, 0.25) is 5.78 Å². The van der Waals surface area contributed by atoms with E-state index < -0.39 is 17.0 Å². The van der Waals surface area contributed by atoms with Crippen LogP contribution in [0.4, 0.5) is 10.1 Å². The fraction of sp³-hybridized carbons (Fsp3) is 0.231.